The van der Waals surface area contributed by atoms with Gasteiger partial charge in [-0.15, -0.1) is 0 Å². The Morgan fingerprint density at radius 1 is 1.50 bits per heavy atom. The van der Waals surface area contributed by atoms with E-state index in [1.54, 1.807) is 13.1 Å². The lowest BCUT2D eigenvalue weighted by atomic mass is 10.1. The Balaban J connectivity index is 4.11. The average molecular weight is 206 g/mol. The minimum Gasteiger partial charge on any atom is -0.276 e. The van der Waals surface area contributed by atoms with Gasteiger partial charge in [0.2, 0.25) is 0 Å². The highest BCUT2D eigenvalue weighted by atomic mass is 35.5. The molecular formula is C9H13Cl2N. The Labute approximate surface area is 83.8 Å². The van der Waals surface area contributed by atoms with E-state index in [-0.39, 0.29) is 0 Å². The highest BCUT2D eigenvalue weighted by molar-refractivity contribution is 6.68. The topological polar surface area (TPSA) is 12.4 Å². The number of aliphatic imine (C=N–C) groups is 1. The van der Waals surface area contributed by atoms with Crippen molar-refractivity contribution in [3.05, 3.63) is 23.3 Å². The van der Waals surface area contributed by atoms with Crippen molar-refractivity contribution >= 4 is 28.4 Å². The molecule has 0 aliphatic carbocycles. The summed E-state index contributed by atoms with van der Waals surface area (Å²) in [7, 11) is 1.62. The van der Waals surface area contributed by atoms with Crippen LogP contribution in [0.4, 0.5) is 0 Å². The summed E-state index contributed by atoms with van der Waals surface area (Å²) in [6.45, 7) is 5.88. The van der Waals surface area contributed by atoms with Crippen LogP contribution in [0, 0.1) is 0 Å². The van der Waals surface area contributed by atoms with Gasteiger partial charge in [-0.3, -0.25) is 4.99 Å². The van der Waals surface area contributed by atoms with Crippen molar-refractivity contribution < 1.29 is 0 Å². The fraction of sp³-hybridized carbons (Fsp3) is 0.444. The van der Waals surface area contributed by atoms with Crippen molar-refractivity contribution in [1.29, 1.82) is 0 Å². The maximum atomic E-state index is 5.86. The van der Waals surface area contributed by atoms with E-state index in [1.807, 2.05) is 6.92 Å². The lowest BCUT2D eigenvalue weighted by Gasteiger charge is -1.99. The smallest absolute Gasteiger partial charge is 0.124 e. The minimum atomic E-state index is 0.420. The molecule has 0 fully saturated rings. The van der Waals surface area contributed by atoms with E-state index in [0.717, 1.165) is 12.0 Å². The van der Waals surface area contributed by atoms with Crippen molar-refractivity contribution in [2.24, 2.45) is 4.99 Å². The largest absolute Gasteiger partial charge is 0.276 e. The number of nitrogens with zero attached hydrogens (tertiary/aromatic N) is 1. The number of allylic oxidation sites excluding steroid dienone is 3. The van der Waals surface area contributed by atoms with Gasteiger partial charge in [0.25, 0.3) is 0 Å². The molecule has 0 spiro atoms. The van der Waals surface area contributed by atoms with Gasteiger partial charge in [-0.1, -0.05) is 42.3 Å². The normalized spacial score (nSPS) is 13.3. The molecule has 0 aromatic heterocycles. The van der Waals surface area contributed by atoms with Crippen LogP contribution < -0.4 is 0 Å². The lowest BCUT2D eigenvalue weighted by molar-refractivity contribution is 1.03. The molecule has 0 N–H and O–H groups in total. The summed E-state index contributed by atoms with van der Waals surface area (Å²) in [5.41, 5.74) is 1.09. The first-order valence-electron chi connectivity index (χ1n) is 3.75. The third-order valence-corrected chi connectivity index (χ3v) is 1.93. The minimum absolute atomic E-state index is 0.420. The van der Waals surface area contributed by atoms with Gasteiger partial charge in [-0.25, -0.2) is 0 Å². The second kappa shape index (κ2) is 6.27. The van der Waals surface area contributed by atoms with E-state index in [4.69, 9.17) is 23.2 Å². The van der Waals surface area contributed by atoms with Gasteiger partial charge in [0, 0.05) is 18.5 Å². The summed E-state index contributed by atoms with van der Waals surface area (Å²) in [5, 5.41) is 1.10. The first kappa shape index (κ1) is 11.7. The van der Waals surface area contributed by atoms with Crippen LogP contribution in [0.25, 0.3) is 0 Å². The maximum absolute atomic E-state index is 5.86. The fourth-order valence-corrected chi connectivity index (χ4v) is 1.09. The molecule has 0 atom stereocenters. The molecule has 0 saturated carbocycles. The molecule has 0 unspecified atom stereocenters. The lowest BCUT2D eigenvalue weighted by Crippen LogP contribution is -1.84. The Morgan fingerprint density at radius 3 is 2.50 bits per heavy atom. The summed E-state index contributed by atoms with van der Waals surface area (Å²) in [4.78, 5) is 3.75. The van der Waals surface area contributed by atoms with Crippen LogP contribution in [0.3, 0.4) is 0 Å². The molecule has 0 rings (SSSR count). The van der Waals surface area contributed by atoms with Crippen molar-refractivity contribution in [2.75, 3.05) is 7.05 Å². The van der Waals surface area contributed by atoms with Gasteiger partial charge in [-0.05, 0) is 12.5 Å². The zero-order valence-electron chi connectivity index (χ0n) is 7.40. The van der Waals surface area contributed by atoms with Gasteiger partial charge in [0.1, 0.15) is 5.17 Å². The van der Waals surface area contributed by atoms with Gasteiger partial charge < -0.3 is 0 Å². The van der Waals surface area contributed by atoms with E-state index in [2.05, 4.69) is 11.6 Å². The number of hydrogen-bond donors (Lipinski definition) is 0. The van der Waals surface area contributed by atoms with E-state index in [0.29, 0.717) is 16.6 Å². The van der Waals surface area contributed by atoms with Crippen LogP contribution in [0.1, 0.15) is 19.8 Å². The predicted molar refractivity (Wildman–Crippen MR) is 57.2 cm³/mol. The van der Waals surface area contributed by atoms with Gasteiger partial charge >= 0.3 is 0 Å². The van der Waals surface area contributed by atoms with Crippen LogP contribution in [0.2, 0.25) is 0 Å². The number of hydrogen-bond acceptors (Lipinski definition) is 1. The molecule has 68 valence electrons. The summed E-state index contributed by atoms with van der Waals surface area (Å²) in [5.74, 6) is 0. The highest BCUT2D eigenvalue weighted by Gasteiger charge is 1.96. The van der Waals surface area contributed by atoms with Crippen LogP contribution in [0.5, 0.6) is 0 Å². The average Bonchev–Trinajstić information content (AvgIpc) is 2.03. The predicted octanol–water partition coefficient (Wildman–Crippen LogP) is 3.73. The third kappa shape index (κ3) is 5.39. The molecular weight excluding hydrogens is 193 g/mol. The van der Waals surface area contributed by atoms with Gasteiger partial charge in [-0.2, -0.15) is 0 Å². The maximum Gasteiger partial charge on any atom is 0.124 e. The highest BCUT2D eigenvalue weighted by Crippen LogP contribution is 2.16. The van der Waals surface area contributed by atoms with E-state index in [1.165, 1.54) is 0 Å². The summed E-state index contributed by atoms with van der Waals surface area (Å²) in [6, 6.07) is 0. The second-order valence-corrected chi connectivity index (χ2v) is 3.29. The van der Waals surface area contributed by atoms with Crippen LogP contribution in [-0.4, -0.2) is 12.2 Å². The second-order valence-electron chi connectivity index (χ2n) is 2.42. The number of rotatable bonds is 4. The van der Waals surface area contributed by atoms with Gasteiger partial charge in [0.15, 0.2) is 0 Å². The molecule has 0 heterocycles. The first-order chi connectivity index (χ1) is 5.60. The van der Waals surface area contributed by atoms with Crippen LogP contribution in [-0.2, 0) is 0 Å². The molecule has 0 saturated heterocycles. The summed E-state index contributed by atoms with van der Waals surface area (Å²) < 4.78 is 0. The van der Waals surface area contributed by atoms with E-state index >= 15 is 0 Å². The molecule has 12 heavy (non-hydrogen) atoms. The van der Waals surface area contributed by atoms with Gasteiger partial charge in [0.05, 0.1) is 0 Å². The molecule has 0 radical (unpaired) electrons. The molecule has 0 aliphatic rings. The molecule has 1 nitrogen and oxygen atoms in total. The quantitative estimate of drug-likeness (QED) is 0.490. The molecule has 0 amide bonds. The van der Waals surface area contributed by atoms with Crippen LogP contribution >= 0.6 is 23.2 Å². The first-order valence-corrected chi connectivity index (χ1v) is 4.50. The van der Waals surface area contributed by atoms with Crippen LogP contribution in [0.15, 0.2) is 28.3 Å². The van der Waals surface area contributed by atoms with Crippen molar-refractivity contribution in [2.45, 2.75) is 19.8 Å². The van der Waals surface area contributed by atoms with E-state index in [9.17, 15) is 0 Å². The molecule has 0 bridgehead atoms. The summed E-state index contributed by atoms with van der Waals surface area (Å²) in [6.07, 6.45) is 3.26. The molecule has 0 aliphatic heterocycles. The Kier molecular flexibility index (Phi) is 6.13. The summed E-state index contributed by atoms with van der Waals surface area (Å²) >= 11 is 11.5. The number of halogens is 2. The molecule has 0 aromatic carbocycles. The third-order valence-electron chi connectivity index (χ3n) is 1.41. The zero-order chi connectivity index (χ0) is 9.56. The Morgan fingerprint density at radius 2 is 2.08 bits per heavy atom. The van der Waals surface area contributed by atoms with Crippen molar-refractivity contribution in [3.63, 3.8) is 0 Å². The zero-order valence-corrected chi connectivity index (χ0v) is 8.91. The fourth-order valence-electron chi connectivity index (χ4n) is 0.609. The van der Waals surface area contributed by atoms with E-state index < -0.39 is 0 Å². The van der Waals surface area contributed by atoms with Crippen molar-refractivity contribution in [3.8, 4) is 0 Å². The SMILES string of the molecule is C=C(CC)CC(Cl)=CC(Cl)=NC. The Bertz CT molecular complexity index is 217. The van der Waals surface area contributed by atoms with Crippen molar-refractivity contribution in [1.82, 2.24) is 0 Å². The monoisotopic (exact) mass is 205 g/mol. The Hall–Kier alpha value is -0.270. The molecule has 3 heteroatoms. The molecule has 0 aromatic rings. The standard InChI is InChI=1S/C9H13Cl2N/c1-4-7(2)5-8(10)6-9(11)12-3/h6H,2,4-5H2,1,3H3.